The third kappa shape index (κ3) is 2.05. The average molecular weight is 277 g/mol. The molecule has 0 atom stereocenters. The quantitative estimate of drug-likeness (QED) is 0.505. The summed E-state index contributed by atoms with van der Waals surface area (Å²) in [6.45, 7) is 3.79. The Morgan fingerprint density at radius 1 is 1.05 bits per heavy atom. The molecule has 3 nitrogen and oxygen atoms in total. The number of rotatable bonds is 1. The van der Waals surface area contributed by atoms with Crippen molar-refractivity contribution in [3.63, 3.8) is 0 Å². The molecule has 0 bridgehead atoms. The summed E-state index contributed by atoms with van der Waals surface area (Å²) >= 11 is 0. The van der Waals surface area contributed by atoms with E-state index in [4.69, 9.17) is 4.74 Å². The first-order chi connectivity index (χ1) is 10.2. The van der Waals surface area contributed by atoms with Gasteiger partial charge in [0.1, 0.15) is 5.75 Å². The fourth-order valence-corrected chi connectivity index (χ4v) is 2.54. The highest BCUT2D eigenvalue weighted by atomic mass is 16.5. The predicted molar refractivity (Wildman–Crippen MR) is 85.9 cm³/mol. The van der Waals surface area contributed by atoms with Gasteiger partial charge in [0, 0.05) is 11.4 Å². The molecule has 3 heteroatoms. The second kappa shape index (κ2) is 4.99. The lowest BCUT2D eigenvalue weighted by atomic mass is 10.1. The minimum Gasteiger partial charge on any atom is -0.497 e. The van der Waals surface area contributed by atoms with Gasteiger partial charge in [0.2, 0.25) is 0 Å². The summed E-state index contributed by atoms with van der Waals surface area (Å²) in [4.78, 5) is 12.7. The Morgan fingerprint density at radius 2 is 1.86 bits per heavy atom. The van der Waals surface area contributed by atoms with Crippen molar-refractivity contribution >= 4 is 21.8 Å². The topological polar surface area (TPSA) is 31.2 Å². The van der Waals surface area contributed by atoms with Gasteiger partial charge in [-0.3, -0.25) is 9.36 Å². The molecule has 0 N–H and O–H groups in total. The highest BCUT2D eigenvalue weighted by Crippen LogP contribution is 2.23. The standard InChI is InChI=1S/C18H15NO2/c1-4-9-19-16-8-6-13(21-3)11-15(16)18(20)14-7-5-12(2)10-17(14)19/h5-8,10-11H,1-3H3. The van der Waals surface area contributed by atoms with Crippen molar-refractivity contribution < 1.29 is 4.74 Å². The summed E-state index contributed by atoms with van der Waals surface area (Å²) in [7, 11) is 1.59. The van der Waals surface area contributed by atoms with Gasteiger partial charge in [0.15, 0.2) is 5.43 Å². The lowest BCUT2D eigenvalue weighted by molar-refractivity contribution is 0.415. The molecule has 0 aliphatic heterocycles. The highest BCUT2D eigenvalue weighted by Gasteiger charge is 2.11. The van der Waals surface area contributed by atoms with Crippen molar-refractivity contribution in [1.29, 1.82) is 0 Å². The van der Waals surface area contributed by atoms with Crippen LogP contribution in [0.15, 0.2) is 41.2 Å². The van der Waals surface area contributed by atoms with E-state index in [1.165, 1.54) is 0 Å². The van der Waals surface area contributed by atoms with Gasteiger partial charge in [-0.2, -0.15) is 0 Å². The van der Waals surface area contributed by atoms with Gasteiger partial charge in [0.25, 0.3) is 0 Å². The minimum absolute atomic E-state index is 0.00746. The predicted octanol–water partition coefficient (Wildman–Crippen LogP) is 3.30. The molecule has 3 aromatic rings. The maximum Gasteiger partial charge on any atom is 0.197 e. The van der Waals surface area contributed by atoms with Crippen LogP contribution in [-0.4, -0.2) is 11.7 Å². The van der Waals surface area contributed by atoms with E-state index >= 15 is 0 Å². The molecule has 0 spiro atoms. The molecule has 0 unspecified atom stereocenters. The molecule has 21 heavy (non-hydrogen) atoms. The largest absolute Gasteiger partial charge is 0.497 e. The number of benzene rings is 2. The molecule has 0 amide bonds. The minimum atomic E-state index is 0.00746. The zero-order chi connectivity index (χ0) is 15.0. The lowest BCUT2D eigenvalue weighted by Gasteiger charge is -2.11. The molecule has 104 valence electrons. The second-order valence-electron chi connectivity index (χ2n) is 4.93. The smallest absolute Gasteiger partial charge is 0.197 e. The van der Waals surface area contributed by atoms with E-state index in [2.05, 4.69) is 12.0 Å². The number of ether oxygens (including phenoxy) is 1. The average Bonchev–Trinajstić information content (AvgIpc) is 2.50. The van der Waals surface area contributed by atoms with Crippen molar-refractivity contribution in [1.82, 2.24) is 4.57 Å². The van der Waals surface area contributed by atoms with Crippen LogP contribution in [0.5, 0.6) is 5.75 Å². The maximum atomic E-state index is 12.7. The van der Waals surface area contributed by atoms with E-state index in [0.29, 0.717) is 16.5 Å². The van der Waals surface area contributed by atoms with Crippen LogP contribution in [-0.2, 0) is 0 Å². The van der Waals surface area contributed by atoms with Gasteiger partial charge in [-0.25, -0.2) is 0 Å². The van der Waals surface area contributed by atoms with Crippen molar-refractivity contribution in [2.45, 2.75) is 13.8 Å². The Morgan fingerprint density at radius 3 is 2.57 bits per heavy atom. The molecule has 0 aliphatic carbocycles. The van der Waals surface area contributed by atoms with Crippen molar-refractivity contribution in [3.8, 4) is 17.7 Å². The molecule has 0 saturated heterocycles. The molecule has 0 saturated carbocycles. The molecule has 1 heterocycles. The Kier molecular flexibility index (Phi) is 3.15. The normalized spacial score (nSPS) is 10.4. The van der Waals surface area contributed by atoms with Crippen molar-refractivity contribution in [2.75, 3.05) is 7.11 Å². The van der Waals surface area contributed by atoms with E-state index in [-0.39, 0.29) is 5.43 Å². The Bertz CT molecular complexity index is 972. The van der Waals surface area contributed by atoms with Gasteiger partial charge in [-0.1, -0.05) is 12.0 Å². The Labute approximate surface area is 122 Å². The number of fused-ring (bicyclic) bond motifs is 2. The SMILES string of the molecule is CC#Cn1c2ccc(OC)cc2c(=O)c2ccc(C)cc21. The van der Waals surface area contributed by atoms with Crippen LogP contribution < -0.4 is 10.2 Å². The number of hydrogen-bond acceptors (Lipinski definition) is 2. The number of hydrogen-bond donors (Lipinski definition) is 0. The molecular weight excluding hydrogens is 262 g/mol. The van der Waals surface area contributed by atoms with Crippen LogP contribution in [0.2, 0.25) is 0 Å². The number of pyridine rings is 1. The highest BCUT2D eigenvalue weighted by molar-refractivity contribution is 5.95. The summed E-state index contributed by atoms with van der Waals surface area (Å²) in [6.07, 6.45) is 0. The zero-order valence-corrected chi connectivity index (χ0v) is 12.2. The fourth-order valence-electron chi connectivity index (χ4n) is 2.54. The summed E-state index contributed by atoms with van der Waals surface area (Å²) in [5.41, 5.74) is 2.75. The first-order valence-electron chi connectivity index (χ1n) is 6.71. The van der Waals surface area contributed by atoms with Crippen molar-refractivity contribution in [2.24, 2.45) is 0 Å². The number of methoxy groups -OCH3 is 1. The fraction of sp³-hybridized carbons (Fsp3) is 0.167. The van der Waals surface area contributed by atoms with Crippen LogP contribution in [0.25, 0.3) is 21.8 Å². The van der Waals surface area contributed by atoms with Gasteiger partial charge in [-0.15, -0.1) is 0 Å². The molecule has 0 radical (unpaired) electrons. The van der Waals surface area contributed by atoms with Crippen LogP contribution in [0.4, 0.5) is 0 Å². The Balaban J connectivity index is 2.61. The third-order valence-corrected chi connectivity index (χ3v) is 3.55. The summed E-state index contributed by atoms with van der Waals surface area (Å²) < 4.78 is 7.10. The van der Waals surface area contributed by atoms with Gasteiger partial charge in [0.05, 0.1) is 23.5 Å². The van der Waals surface area contributed by atoms with Gasteiger partial charge in [-0.05, 0) is 49.7 Å². The number of aromatic nitrogens is 1. The van der Waals surface area contributed by atoms with Gasteiger partial charge < -0.3 is 4.74 Å². The lowest BCUT2D eigenvalue weighted by Crippen LogP contribution is -2.09. The molecule has 0 fully saturated rings. The first-order valence-corrected chi connectivity index (χ1v) is 6.71. The van der Waals surface area contributed by atoms with Gasteiger partial charge >= 0.3 is 0 Å². The monoisotopic (exact) mass is 277 g/mol. The molecule has 0 aliphatic rings. The molecule has 1 aromatic heterocycles. The van der Waals surface area contributed by atoms with E-state index < -0.39 is 0 Å². The third-order valence-electron chi connectivity index (χ3n) is 3.55. The number of aryl methyl sites for hydroxylation is 1. The van der Waals surface area contributed by atoms with E-state index in [1.807, 2.05) is 41.8 Å². The van der Waals surface area contributed by atoms with Crippen LogP contribution in [0.1, 0.15) is 12.5 Å². The molecule has 3 rings (SSSR count). The summed E-state index contributed by atoms with van der Waals surface area (Å²) in [5, 5.41) is 1.29. The summed E-state index contributed by atoms with van der Waals surface area (Å²) in [6, 6.07) is 14.4. The molecule has 2 aromatic carbocycles. The summed E-state index contributed by atoms with van der Waals surface area (Å²) in [5.74, 6) is 3.58. The zero-order valence-electron chi connectivity index (χ0n) is 12.2. The van der Waals surface area contributed by atoms with Crippen LogP contribution in [0, 0.1) is 18.9 Å². The van der Waals surface area contributed by atoms with E-state index in [1.54, 1.807) is 20.1 Å². The Hall–Kier alpha value is -2.73. The van der Waals surface area contributed by atoms with Crippen molar-refractivity contribution in [3.05, 3.63) is 52.2 Å². The number of nitrogens with zero attached hydrogens (tertiary/aromatic N) is 1. The second-order valence-corrected chi connectivity index (χ2v) is 4.93. The van der Waals surface area contributed by atoms with E-state index in [9.17, 15) is 4.79 Å². The first kappa shape index (κ1) is 13.3. The van der Waals surface area contributed by atoms with E-state index in [0.717, 1.165) is 16.6 Å². The van der Waals surface area contributed by atoms with Crippen LogP contribution in [0.3, 0.4) is 0 Å². The van der Waals surface area contributed by atoms with Crippen LogP contribution >= 0.6 is 0 Å². The maximum absolute atomic E-state index is 12.7. The molecular formula is C18H15NO2.